The molecule has 8 heteroatoms. The molecular weight excluding hydrogens is 404 g/mol. The molecule has 0 aliphatic carbocycles. The Balaban J connectivity index is 1.84. The molecule has 1 aromatic heterocycles. The van der Waals surface area contributed by atoms with E-state index in [9.17, 15) is 4.79 Å². The molecule has 0 fully saturated rings. The second-order valence-corrected chi connectivity index (χ2v) is 7.95. The van der Waals surface area contributed by atoms with Crippen molar-refractivity contribution in [2.75, 3.05) is 19.0 Å². The zero-order chi connectivity index (χ0) is 22.8. The average Bonchev–Trinajstić information content (AvgIpc) is 3.17. The van der Waals surface area contributed by atoms with E-state index >= 15 is 0 Å². The average molecular weight is 433 g/mol. The van der Waals surface area contributed by atoms with Gasteiger partial charge in [0, 0.05) is 42.3 Å². The standard InChI is InChI=1S/C24H28N6O2/c1-15(25)23-18-9-8-16(17-13-27-29(2)14-17)12-20(18)22(10-11-30(23)26)28-21-7-5-4-6-19(21)24(31)32-3/h4-9,12-14,22,28H,10-11,25-26H2,1-3H3/b23-15-. The molecule has 1 atom stereocenters. The molecule has 2 heterocycles. The van der Waals surface area contributed by atoms with E-state index < -0.39 is 0 Å². The molecule has 2 aromatic carbocycles. The first-order valence-electron chi connectivity index (χ1n) is 10.4. The summed E-state index contributed by atoms with van der Waals surface area (Å²) < 4.78 is 6.74. The van der Waals surface area contributed by atoms with E-state index in [1.165, 1.54) is 7.11 Å². The predicted octanol–water partition coefficient (Wildman–Crippen LogP) is 3.25. The second-order valence-electron chi connectivity index (χ2n) is 7.95. The number of fused-ring (bicyclic) bond motifs is 1. The highest BCUT2D eigenvalue weighted by Crippen LogP contribution is 2.37. The number of nitrogens with two attached hydrogens (primary N) is 2. The Bertz CT molecular complexity index is 1180. The number of methoxy groups -OCH3 is 1. The van der Waals surface area contributed by atoms with Gasteiger partial charge in [0.05, 0.1) is 30.6 Å². The number of allylic oxidation sites excluding steroid dienone is 1. The van der Waals surface area contributed by atoms with Gasteiger partial charge in [-0.25, -0.2) is 10.6 Å². The van der Waals surface area contributed by atoms with Gasteiger partial charge in [-0.1, -0.05) is 24.3 Å². The summed E-state index contributed by atoms with van der Waals surface area (Å²) in [7, 11) is 3.28. The van der Waals surface area contributed by atoms with Crippen LogP contribution < -0.4 is 16.9 Å². The lowest BCUT2D eigenvalue weighted by Crippen LogP contribution is -2.31. The van der Waals surface area contributed by atoms with Crippen LogP contribution in [0.3, 0.4) is 0 Å². The molecule has 0 saturated carbocycles. The Hall–Kier alpha value is -3.78. The zero-order valence-corrected chi connectivity index (χ0v) is 18.5. The van der Waals surface area contributed by atoms with Gasteiger partial charge in [0.1, 0.15) is 0 Å². The van der Waals surface area contributed by atoms with Crippen LogP contribution in [0.1, 0.15) is 40.9 Å². The van der Waals surface area contributed by atoms with Crippen LogP contribution in [-0.2, 0) is 11.8 Å². The minimum Gasteiger partial charge on any atom is -0.465 e. The fraction of sp³-hybridized carbons (Fsp3) is 0.250. The topological polar surface area (TPSA) is 111 Å². The maximum Gasteiger partial charge on any atom is 0.339 e. The molecule has 8 nitrogen and oxygen atoms in total. The van der Waals surface area contributed by atoms with Gasteiger partial charge in [-0.2, -0.15) is 5.10 Å². The SMILES string of the molecule is COC(=O)c1ccccc1NC1CCN(N)/C(=C(/C)N)c2ccc(-c3cnn(C)c3)cc21. The van der Waals surface area contributed by atoms with Crippen LogP contribution in [0.2, 0.25) is 0 Å². The number of nitrogens with one attached hydrogen (secondary N) is 1. The minimum absolute atomic E-state index is 0.102. The first kappa shape index (κ1) is 21.5. The van der Waals surface area contributed by atoms with Crippen molar-refractivity contribution in [3.63, 3.8) is 0 Å². The number of esters is 1. The van der Waals surface area contributed by atoms with Gasteiger partial charge >= 0.3 is 5.97 Å². The molecule has 0 spiro atoms. The number of anilines is 1. The summed E-state index contributed by atoms with van der Waals surface area (Å²) in [5.41, 5.74) is 13.0. The van der Waals surface area contributed by atoms with Crippen molar-refractivity contribution in [3.05, 3.63) is 77.2 Å². The fourth-order valence-corrected chi connectivity index (χ4v) is 4.18. The molecule has 4 rings (SSSR count). The van der Waals surface area contributed by atoms with E-state index in [0.717, 1.165) is 28.0 Å². The normalized spacial score (nSPS) is 17.4. The first-order valence-corrected chi connectivity index (χ1v) is 10.4. The number of hydrazine groups is 1. The highest BCUT2D eigenvalue weighted by molar-refractivity contribution is 5.95. The summed E-state index contributed by atoms with van der Waals surface area (Å²) in [4.78, 5) is 12.3. The van der Waals surface area contributed by atoms with Crippen LogP contribution in [0.5, 0.6) is 0 Å². The summed E-state index contributed by atoms with van der Waals surface area (Å²) in [5, 5.41) is 9.56. The highest BCUT2D eigenvalue weighted by atomic mass is 16.5. The number of para-hydroxylation sites is 1. The highest BCUT2D eigenvalue weighted by Gasteiger charge is 2.27. The number of benzene rings is 2. The third kappa shape index (κ3) is 4.04. The zero-order valence-electron chi connectivity index (χ0n) is 18.5. The largest absolute Gasteiger partial charge is 0.465 e. The van der Waals surface area contributed by atoms with Gasteiger partial charge in [0.2, 0.25) is 0 Å². The lowest BCUT2D eigenvalue weighted by atomic mass is 9.93. The van der Waals surface area contributed by atoms with Gasteiger partial charge in [-0.05, 0) is 42.7 Å². The molecule has 3 aromatic rings. The molecule has 0 amide bonds. The van der Waals surface area contributed by atoms with Crippen LogP contribution in [0.15, 0.2) is 60.6 Å². The monoisotopic (exact) mass is 432 g/mol. The van der Waals surface area contributed by atoms with Crippen LogP contribution in [0.4, 0.5) is 5.69 Å². The van der Waals surface area contributed by atoms with Crippen LogP contribution in [0, 0.1) is 0 Å². The number of aromatic nitrogens is 2. The number of ether oxygens (including phenoxy) is 1. The molecule has 166 valence electrons. The van der Waals surface area contributed by atoms with Gasteiger partial charge in [-0.3, -0.25) is 4.68 Å². The number of hydrogen-bond acceptors (Lipinski definition) is 7. The minimum atomic E-state index is -0.384. The maximum absolute atomic E-state index is 12.3. The fourth-order valence-electron chi connectivity index (χ4n) is 4.18. The van der Waals surface area contributed by atoms with Crippen molar-refractivity contribution in [1.29, 1.82) is 0 Å². The Labute approximate surface area is 187 Å². The predicted molar refractivity (Wildman–Crippen MR) is 125 cm³/mol. The van der Waals surface area contributed by atoms with Gasteiger partial charge in [-0.15, -0.1) is 0 Å². The third-order valence-corrected chi connectivity index (χ3v) is 5.70. The molecule has 32 heavy (non-hydrogen) atoms. The van der Waals surface area contributed by atoms with Crippen molar-refractivity contribution in [3.8, 4) is 11.1 Å². The van der Waals surface area contributed by atoms with E-state index in [4.69, 9.17) is 16.3 Å². The Morgan fingerprint density at radius 1 is 1.22 bits per heavy atom. The van der Waals surface area contributed by atoms with E-state index in [-0.39, 0.29) is 12.0 Å². The van der Waals surface area contributed by atoms with E-state index in [1.54, 1.807) is 15.8 Å². The number of aryl methyl sites for hydroxylation is 1. The van der Waals surface area contributed by atoms with Crippen molar-refractivity contribution in [2.45, 2.75) is 19.4 Å². The van der Waals surface area contributed by atoms with E-state index in [1.807, 2.05) is 44.6 Å². The third-order valence-electron chi connectivity index (χ3n) is 5.70. The molecule has 1 aliphatic heterocycles. The summed E-state index contributed by atoms with van der Waals surface area (Å²) in [5.74, 6) is 6.00. The Morgan fingerprint density at radius 2 is 2.00 bits per heavy atom. The van der Waals surface area contributed by atoms with Crippen LogP contribution in [-0.4, -0.2) is 34.4 Å². The maximum atomic E-state index is 12.3. The quantitative estimate of drug-likeness (QED) is 0.429. The number of rotatable bonds is 4. The first-order chi connectivity index (χ1) is 15.4. The molecule has 0 bridgehead atoms. The lowest BCUT2D eigenvalue weighted by Gasteiger charge is -2.22. The van der Waals surface area contributed by atoms with Crippen molar-refractivity contribution in [1.82, 2.24) is 14.8 Å². The second kappa shape index (κ2) is 8.76. The Morgan fingerprint density at radius 3 is 2.69 bits per heavy atom. The molecular formula is C24H28N6O2. The molecule has 1 unspecified atom stereocenters. The van der Waals surface area contributed by atoms with Crippen molar-refractivity contribution >= 4 is 17.4 Å². The van der Waals surface area contributed by atoms with E-state index in [2.05, 4.69) is 28.6 Å². The number of carbonyl (C=O) groups is 1. The van der Waals surface area contributed by atoms with E-state index in [0.29, 0.717) is 29.9 Å². The Kier molecular flexibility index (Phi) is 5.87. The summed E-state index contributed by atoms with van der Waals surface area (Å²) in [6.07, 6.45) is 4.54. The molecule has 0 saturated heterocycles. The number of hydrogen-bond donors (Lipinski definition) is 3. The van der Waals surface area contributed by atoms with Crippen molar-refractivity contribution in [2.24, 2.45) is 18.6 Å². The number of carbonyl (C=O) groups excluding carboxylic acids is 1. The smallest absolute Gasteiger partial charge is 0.339 e. The number of nitrogens with zero attached hydrogens (tertiary/aromatic N) is 3. The molecule has 5 N–H and O–H groups in total. The van der Waals surface area contributed by atoms with Gasteiger partial charge < -0.3 is 20.8 Å². The van der Waals surface area contributed by atoms with Crippen LogP contribution in [0.25, 0.3) is 16.8 Å². The molecule has 1 aliphatic rings. The summed E-state index contributed by atoms with van der Waals surface area (Å²) in [6.45, 7) is 2.45. The lowest BCUT2D eigenvalue weighted by molar-refractivity contribution is 0.0601. The van der Waals surface area contributed by atoms with Gasteiger partial charge in [0.15, 0.2) is 0 Å². The van der Waals surface area contributed by atoms with Crippen molar-refractivity contribution < 1.29 is 9.53 Å². The summed E-state index contributed by atoms with van der Waals surface area (Å²) in [6, 6.07) is 13.5. The van der Waals surface area contributed by atoms with Gasteiger partial charge in [0.25, 0.3) is 0 Å². The molecule has 0 radical (unpaired) electrons. The summed E-state index contributed by atoms with van der Waals surface area (Å²) >= 11 is 0. The van der Waals surface area contributed by atoms with Crippen LogP contribution >= 0.6 is 0 Å².